The maximum Gasteiger partial charge on any atom is 0.112 e. The molecule has 3 rings (SSSR count). The summed E-state index contributed by atoms with van der Waals surface area (Å²) in [6.45, 7) is 20.2. The maximum atomic E-state index is 4.73. The summed E-state index contributed by atoms with van der Waals surface area (Å²) in [4.78, 5) is 0. The zero-order valence-corrected chi connectivity index (χ0v) is 19.2. The summed E-state index contributed by atoms with van der Waals surface area (Å²) in [7, 11) is -1.72. The molecule has 0 aliphatic carbocycles. The van der Waals surface area contributed by atoms with E-state index in [1.54, 1.807) is 0 Å². The lowest BCUT2D eigenvalue weighted by Gasteiger charge is -2.22. The molecule has 0 spiro atoms. The van der Waals surface area contributed by atoms with Gasteiger partial charge in [-0.25, -0.2) is 4.68 Å². The molecule has 4 heteroatoms. The van der Waals surface area contributed by atoms with Gasteiger partial charge in [0, 0.05) is 5.56 Å². The van der Waals surface area contributed by atoms with Crippen LogP contribution < -0.4 is 5.32 Å². The van der Waals surface area contributed by atoms with E-state index in [0.717, 1.165) is 5.69 Å². The maximum absolute atomic E-state index is 4.73. The van der Waals surface area contributed by atoms with E-state index in [1.165, 1.54) is 49.9 Å². The molecule has 3 nitrogen and oxygen atoms in total. The van der Waals surface area contributed by atoms with Gasteiger partial charge in [0.15, 0.2) is 0 Å². The second-order valence-electron chi connectivity index (χ2n) is 8.97. The molecule has 3 aromatic rings. The molecule has 0 atom stereocenters. The minimum Gasteiger partial charge on any atom is -0.221 e. The summed E-state index contributed by atoms with van der Waals surface area (Å²) in [6.07, 6.45) is 0. The van der Waals surface area contributed by atoms with Gasteiger partial charge < -0.3 is 0 Å². The van der Waals surface area contributed by atoms with Gasteiger partial charge in [0.1, 0.15) is 13.8 Å². The Morgan fingerprint density at radius 1 is 0.704 bits per heavy atom. The van der Waals surface area contributed by atoms with E-state index in [1.807, 2.05) is 0 Å². The van der Waals surface area contributed by atoms with Crippen molar-refractivity contribution >= 4 is 13.4 Å². The van der Waals surface area contributed by atoms with Gasteiger partial charge >= 0.3 is 0 Å². The van der Waals surface area contributed by atoms with Crippen molar-refractivity contribution in [3.63, 3.8) is 0 Å². The van der Waals surface area contributed by atoms with Crippen LogP contribution in [0.3, 0.4) is 0 Å². The topological polar surface area (TPSA) is 30.7 Å². The Morgan fingerprint density at radius 3 is 1.59 bits per heavy atom. The minimum absolute atomic E-state index is 1.06. The molecule has 0 amide bonds. The Labute approximate surface area is 164 Å². The van der Waals surface area contributed by atoms with Crippen molar-refractivity contribution in [1.82, 2.24) is 15.0 Å². The second-order valence-corrected chi connectivity index (χ2v) is 13.9. The number of rotatable bonds is 3. The van der Waals surface area contributed by atoms with E-state index < -0.39 is 8.07 Å². The molecule has 0 fully saturated rings. The Kier molecular flexibility index (Phi) is 4.89. The molecule has 27 heavy (non-hydrogen) atoms. The highest BCUT2D eigenvalue weighted by atomic mass is 28.3. The van der Waals surface area contributed by atoms with E-state index >= 15 is 0 Å². The number of hydrogen-bond donors (Lipinski definition) is 0. The van der Waals surface area contributed by atoms with Gasteiger partial charge in [-0.1, -0.05) is 60.2 Å². The molecule has 0 saturated heterocycles. The average molecular weight is 378 g/mol. The van der Waals surface area contributed by atoms with Crippen molar-refractivity contribution in [1.29, 1.82) is 0 Å². The van der Waals surface area contributed by atoms with Crippen LogP contribution in [-0.4, -0.2) is 23.1 Å². The fourth-order valence-corrected chi connectivity index (χ4v) is 6.02. The minimum atomic E-state index is -1.72. The monoisotopic (exact) mass is 377 g/mol. The zero-order chi connectivity index (χ0) is 20.1. The predicted octanol–water partition coefficient (Wildman–Crippen LogP) is 5.33. The molecule has 142 valence electrons. The molecule has 0 saturated carbocycles. The molecule has 0 bridgehead atoms. The molecule has 1 heterocycles. The van der Waals surface area contributed by atoms with Crippen molar-refractivity contribution in [2.45, 2.75) is 61.2 Å². The Balaban J connectivity index is 2.37. The normalized spacial score (nSPS) is 11.9. The van der Waals surface area contributed by atoms with Gasteiger partial charge in [-0.15, -0.1) is 5.10 Å². The van der Waals surface area contributed by atoms with Crippen LogP contribution >= 0.6 is 0 Å². The average Bonchev–Trinajstić information content (AvgIpc) is 2.89. The smallest absolute Gasteiger partial charge is 0.112 e. The first-order valence-corrected chi connectivity index (χ1v) is 13.1. The third-order valence-corrected chi connectivity index (χ3v) is 7.01. The first kappa shape index (κ1) is 19.6. The number of aryl methyl sites for hydroxylation is 6. The van der Waals surface area contributed by atoms with Crippen molar-refractivity contribution in [2.24, 2.45) is 0 Å². The van der Waals surface area contributed by atoms with Crippen LogP contribution in [-0.2, 0) is 0 Å². The molecule has 1 aromatic heterocycles. The third kappa shape index (κ3) is 3.50. The van der Waals surface area contributed by atoms with Gasteiger partial charge in [-0.2, -0.15) is 0 Å². The molecule has 2 aromatic carbocycles. The Morgan fingerprint density at radius 2 is 1.15 bits per heavy atom. The van der Waals surface area contributed by atoms with Crippen LogP contribution in [0.5, 0.6) is 0 Å². The predicted molar refractivity (Wildman–Crippen MR) is 118 cm³/mol. The van der Waals surface area contributed by atoms with E-state index in [9.17, 15) is 0 Å². The summed E-state index contributed by atoms with van der Waals surface area (Å²) < 4.78 is 2.13. The summed E-state index contributed by atoms with van der Waals surface area (Å²) in [5.74, 6) is 0. The molecule has 0 aliphatic rings. The van der Waals surface area contributed by atoms with Crippen LogP contribution in [0.25, 0.3) is 16.9 Å². The molecule has 0 N–H and O–H groups in total. The van der Waals surface area contributed by atoms with Crippen LogP contribution in [0.15, 0.2) is 24.3 Å². The van der Waals surface area contributed by atoms with Gasteiger partial charge in [0.25, 0.3) is 0 Å². The number of benzene rings is 2. The van der Waals surface area contributed by atoms with E-state index in [-0.39, 0.29) is 0 Å². The fourth-order valence-electron chi connectivity index (χ4n) is 4.34. The Hall–Kier alpha value is -2.20. The van der Waals surface area contributed by atoms with E-state index in [4.69, 9.17) is 5.10 Å². The standard InChI is InChI=1S/C23H31N3Si/c1-14-10-16(3)20(17(4)11-14)21-23(27(7,8)9)26(25-24-21)22-18(5)12-15(2)13-19(22)6/h10-13H,1-9H3. The zero-order valence-electron chi connectivity index (χ0n) is 18.2. The second kappa shape index (κ2) is 6.75. The number of aromatic nitrogens is 3. The highest BCUT2D eigenvalue weighted by molar-refractivity contribution is 6.89. The molecular formula is C23H31N3Si. The lowest BCUT2D eigenvalue weighted by Crippen LogP contribution is -2.44. The lowest BCUT2D eigenvalue weighted by atomic mass is 9.98. The van der Waals surface area contributed by atoms with Crippen molar-refractivity contribution in [3.05, 3.63) is 57.6 Å². The summed E-state index contributed by atoms with van der Waals surface area (Å²) >= 11 is 0. The fraction of sp³-hybridized carbons (Fsp3) is 0.391. The third-order valence-electron chi connectivity index (χ3n) is 5.14. The van der Waals surface area contributed by atoms with Crippen LogP contribution in [0.4, 0.5) is 0 Å². The van der Waals surface area contributed by atoms with Crippen molar-refractivity contribution in [3.8, 4) is 16.9 Å². The molecule has 0 unspecified atom stereocenters. The summed E-state index contributed by atoms with van der Waals surface area (Å²) in [5, 5.41) is 10.7. The Bertz CT molecular complexity index is 902. The molecule has 0 aliphatic heterocycles. The van der Waals surface area contributed by atoms with Gasteiger partial charge in [0.05, 0.1) is 11.0 Å². The first-order valence-electron chi connectivity index (χ1n) is 9.63. The SMILES string of the molecule is Cc1cc(C)c(-c2nnn(-c3c(C)cc(C)cc3C)c2[Si](C)(C)C)c(C)c1. The largest absolute Gasteiger partial charge is 0.221 e. The summed E-state index contributed by atoms with van der Waals surface area (Å²) in [6, 6.07) is 8.97. The van der Waals surface area contributed by atoms with E-state index in [2.05, 4.69) is 95.3 Å². The highest BCUT2D eigenvalue weighted by Crippen LogP contribution is 2.29. The van der Waals surface area contributed by atoms with E-state index in [0.29, 0.717) is 0 Å². The lowest BCUT2D eigenvalue weighted by molar-refractivity contribution is 0.804. The summed E-state index contributed by atoms with van der Waals surface area (Å²) in [5.41, 5.74) is 11.1. The first-order chi connectivity index (χ1) is 12.5. The van der Waals surface area contributed by atoms with Crippen molar-refractivity contribution < 1.29 is 0 Å². The van der Waals surface area contributed by atoms with Gasteiger partial charge in [-0.05, 0) is 63.8 Å². The van der Waals surface area contributed by atoms with Gasteiger partial charge in [-0.3, -0.25) is 0 Å². The highest BCUT2D eigenvalue weighted by Gasteiger charge is 2.30. The van der Waals surface area contributed by atoms with Crippen LogP contribution in [0.2, 0.25) is 19.6 Å². The van der Waals surface area contributed by atoms with Gasteiger partial charge in [0.2, 0.25) is 0 Å². The quantitative estimate of drug-likeness (QED) is 0.578. The van der Waals surface area contributed by atoms with Crippen molar-refractivity contribution in [2.75, 3.05) is 0 Å². The molecule has 0 radical (unpaired) electrons. The number of nitrogens with zero attached hydrogens (tertiary/aromatic N) is 3. The molecular weight excluding hydrogens is 346 g/mol. The number of hydrogen-bond acceptors (Lipinski definition) is 2. The van der Waals surface area contributed by atoms with Crippen LogP contribution in [0.1, 0.15) is 33.4 Å². The van der Waals surface area contributed by atoms with Crippen LogP contribution in [0, 0.1) is 41.5 Å².